The predicted octanol–water partition coefficient (Wildman–Crippen LogP) is 3.27. The second-order valence-corrected chi connectivity index (χ2v) is 7.39. The molecule has 0 unspecified atom stereocenters. The minimum absolute atomic E-state index is 0.255. The molecule has 0 aliphatic carbocycles. The van der Waals surface area contributed by atoms with Crippen molar-refractivity contribution < 1.29 is 4.79 Å². The van der Waals surface area contributed by atoms with Crippen LogP contribution in [0.4, 0.5) is 27.7 Å². The number of hydrogen-bond acceptors (Lipinski definition) is 6. The Morgan fingerprint density at radius 2 is 1.93 bits per heavy atom. The van der Waals surface area contributed by atoms with Crippen molar-refractivity contribution in [2.75, 3.05) is 55.3 Å². The summed E-state index contributed by atoms with van der Waals surface area (Å²) in [6, 6.07) is 9.80. The van der Waals surface area contributed by atoms with Gasteiger partial charge in [0.1, 0.15) is 5.82 Å². The molecule has 156 valence electrons. The number of fused-ring (bicyclic) bond motifs is 1. The molecule has 4 rings (SSSR count). The number of amides is 2. The zero-order valence-electron chi connectivity index (χ0n) is 17.4. The van der Waals surface area contributed by atoms with E-state index in [9.17, 15) is 4.79 Å². The number of carbonyl (C=O) groups excluding carboxylic acids is 1. The number of rotatable bonds is 5. The van der Waals surface area contributed by atoms with Gasteiger partial charge in [0.2, 0.25) is 0 Å². The van der Waals surface area contributed by atoms with Gasteiger partial charge in [0, 0.05) is 67.3 Å². The lowest BCUT2D eigenvalue weighted by Gasteiger charge is -2.35. The fourth-order valence-electron chi connectivity index (χ4n) is 3.64. The normalized spacial score (nSPS) is 14.5. The largest absolute Gasteiger partial charge is 0.368 e. The molecule has 8 heteroatoms. The van der Waals surface area contributed by atoms with E-state index < -0.39 is 0 Å². The summed E-state index contributed by atoms with van der Waals surface area (Å²) in [4.78, 5) is 25.4. The van der Waals surface area contributed by atoms with Crippen LogP contribution in [0.15, 0.2) is 48.9 Å². The van der Waals surface area contributed by atoms with Gasteiger partial charge in [-0.2, -0.15) is 0 Å². The van der Waals surface area contributed by atoms with E-state index in [1.807, 2.05) is 31.3 Å². The van der Waals surface area contributed by atoms with Crippen LogP contribution in [-0.4, -0.2) is 60.7 Å². The van der Waals surface area contributed by atoms with E-state index in [1.165, 1.54) is 0 Å². The van der Waals surface area contributed by atoms with Crippen LogP contribution in [-0.2, 0) is 0 Å². The van der Waals surface area contributed by atoms with Gasteiger partial charge in [-0.15, -0.1) is 0 Å². The zero-order valence-corrected chi connectivity index (χ0v) is 17.4. The van der Waals surface area contributed by atoms with Crippen LogP contribution in [0.3, 0.4) is 0 Å². The SMILES string of the molecule is CCNC(=O)Nc1cc2c(N3CCN(C)CC3)ccc(Nc3cccnc3)c2cn1. The second kappa shape index (κ2) is 8.96. The van der Waals surface area contributed by atoms with Gasteiger partial charge in [-0.1, -0.05) is 0 Å². The van der Waals surface area contributed by atoms with Gasteiger partial charge in [-0.3, -0.25) is 10.3 Å². The fraction of sp³-hybridized carbons (Fsp3) is 0.318. The number of benzene rings is 1. The van der Waals surface area contributed by atoms with E-state index in [2.05, 4.69) is 54.9 Å². The maximum Gasteiger partial charge on any atom is 0.320 e. The Hall–Kier alpha value is -3.39. The standard InChI is InChI=1S/C22H27N7O/c1-3-24-22(30)27-21-13-17-18(15-25-21)19(26-16-5-4-8-23-14-16)6-7-20(17)29-11-9-28(2)10-12-29/h4-8,13-15,26H,3,9-12H2,1-2H3,(H2,24,25,27,30). The summed E-state index contributed by atoms with van der Waals surface area (Å²) in [5, 5.41) is 11.1. The average Bonchev–Trinajstić information content (AvgIpc) is 2.75. The van der Waals surface area contributed by atoms with E-state index in [-0.39, 0.29) is 6.03 Å². The van der Waals surface area contributed by atoms with Gasteiger partial charge in [0.05, 0.1) is 11.9 Å². The summed E-state index contributed by atoms with van der Waals surface area (Å²) >= 11 is 0. The highest BCUT2D eigenvalue weighted by Gasteiger charge is 2.18. The van der Waals surface area contributed by atoms with E-state index in [0.29, 0.717) is 12.4 Å². The maximum atomic E-state index is 12.0. The van der Waals surface area contributed by atoms with Gasteiger partial charge in [-0.25, -0.2) is 9.78 Å². The third-order valence-electron chi connectivity index (χ3n) is 5.24. The molecule has 0 radical (unpaired) electrons. The summed E-state index contributed by atoms with van der Waals surface area (Å²) in [6.45, 7) is 6.41. The van der Waals surface area contributed by atoms with Gasteiger partial charge >= 0.3 is 6.03 Å². The minimum atomic E-state index is -0.255. The van der Waals surface area contributed by atoms with Gasteiger partial charge < -0.3 is 20.4 Å². The van der Waals surface area contributed by atoms with Crippen molar-refractivity contribution in [3.8, 4) is 0 Å². The first-order valence-corrected chi connectivity index (χ1v) is 10.2. The van der Waals surface area contributed by atoms with E-state index in [1.54, 1.807) is 12.4 Å². The number of nitrogens with zero attached hydrogens (tertiary/aromatic N) is 4. The molecule has 1 aliphatic rings. The minimum Gasteiger partial charge on any atom is -0.368 e. The van der Waals surface area contributed by atoms with Crippen LogP contribution in [0, 0.1) is 0 Å². The Bertz CT molecular complexity index is 1020. The highest BCUT2D eigenvalue weighted by atomic mass is 16.2. The van der Waals surface area contributed by atoms with Crippen LogP contribution >= 0.6 is 0 Å². The smallest absolute Gasteiger partial charge is 0.320 e. The predicted molar refractivity (Wildman–Crippen MR) is 122 cm³/mol. The van der Waals surface area contributed by atoms with Crippen LogP contribution in [0.25, 0.3) is 10.8 Å². The van der Waals surface area contributed by atoms with Crippen molar-refractivity contribution in [3.05, 3.63) is 48.9 Å². The van der Waals surface area contributed by atoms with Crippen LogP contribution < -0.4 is 20.9 Å². The molecule has 30 heavy (non-hydrogen) atoms. The molecule has 1 aliphatic heterocycles. The molecular formula is C22H27N7O. The average molecular weight is 406 g/mol. The highest BCUT2D eigenvalue weighted by molar-refractivity contribution is 6.04. The monoisotopic (exact) mass is 405 g/mol. The second-order valence-electron chi connectivity index (χ2n) is 7.39. The molecule has 1 fully saturated rings. The number of likely N-dealkylation sites (N-methyl/N-ethyl adjacent to an activating group) is 1. The number of nitrogens with one attached hydrogen (secondary N) is 3. The molecule has 2 aromatic heterocycles. The molecule has 0 bridgehead atoms. The fourth-order valence-corrected chi connectivity index (χ4v) is 3.64. The molecule has 0 saturated carbocycles. The quantitative estimate of drug-likeness (QED) is 0.604. The van der Waals surface area contributed by atoms with Crippen LogP contribution in [0.5, 0.6) is 0 Å². The molecule has 3 heterocycles. The lowest BCUT2D eigenvalue weighted by Crippen LogP contribution is -2.44. The number of pyridine rings is 2. The Morgan fingerprint density at radius 3 is 2.67 bits per heavy atom. The maximum absolute atomic E-state index is 12.0. The van der Waals surface area contributed by atoms with Crippen molar-refractivity contribution >= 4 is 39.7 Å². The lowest BCUT2D eigenvalue weighted by molar-refractivity contribution is 0.252. The molecule has 0 atom stereocenters. The lowest BCUT2D eigenvalue weighted by atomic mass is 10.1. The number of anilines is 4. The molecule has 1 saturated heterocycles. The topological polar surface area (TPSA) is 85.4 Å². The highest BCUT2D eigenvalue weighted by Crippen LogP contribution is 2.35. The molecule has 2 amide bonds. The van der Waals surface area contributed by atoms with Crippen molar-refractivity contribution in [3.63, 3.8) is 0 Å². The van der Waals surface area contributed by atoms with Crippen molar-refractivity contribution in [2.24, 2.45) is 0 Å². The molecular weight excluding hydrogens is 378 g/mol. The Labute approximate surface area is 176 Å². The van der Waals surface area contributed by atoms with Crippen molar-refractivity contribution in [1.29, 1.82) is 0 Å². The molecule has 3 aromatic rings. The molecule has 3 N–H and O–H groups in total. The summed E-state index contributed by atoms with van der Waals surface area (Å²) in [5.41, 5.74) is 3.01. The first kappa shape index (κ1) is 19.9. The molecule has 8 nitrogen and oxygen atoms in total. The summed E-state index contributed by atoms with van der Waals surface area (Å²) < 4.78 is 0. The summed E-state index contributed by atoms with van der Waals surface area (Å²) in [5.74, 6) is 0.530. The first-order chi connectivity index (χ1) is 14.6. The number of piperazine rings is 1. The van der Waals surface area contributed by atoms with Crippen LogP contribution in [0.2, 0.25) is 0 Å². The van der Waals surface area contributed by atoms with Crippen molar-refractivity contribution in [2.45, 2.75) is 6.92 Å². The third-order valence-corrected chi connectivity index (χ3v) is 5.24. The number of carbonyl (C=O) groups is 1. The summed E-state index contributed by atoms with van der Waals surface area (Å²) in [7, 11) is 2.15. The Kier molecular flexibility index (Phi) is 5.94. The third kappa shape index (κ3) is 4.44. The van der Waals surface area contributed by atoms with E-state index in [0.717, 1.165) is 54.0 Å². The summed E-state index contributed by atoms with van der Waals surface area (Å²) in [6.07, 6.45) is 5.36. The van der Waals surface area contributed by atoms with Crippen molar-refractivity contribution in [1.82, 2.24) is 20.2 Å². The number of urea groups is 1. The van der Waals surface area contributed by atoms with Gasteiger partial charge in [0.15, 0.2) is 0 Å². The number of aromatic nitrogens is 2. The van der Waals surface area contributed by atoms with E-state index >= 15 is 0 Å². The van der Waals surface area contributed by atoms with Gasteiger partial charge in [-0.05, 0) is 44.3 Å². The first-order valence-electron chi connectivity index (χ1n) is 10.2. The number of hydrogen-bond donors (Lipinski definition) is 3. The zero-order chi connectivity index (χ0) is 20.9. The molecule has 0 spiro atoms. The van der Waals surface area contributed by atoms with Crippen LogP contribution in [0.1, 0.15) is 6.92 Å². The Morgan fingerprint density at radius 1 is 1.10 bits per heavy atom. The molecule has 1 aromatic carbocycles. The Balaban J connectivity index is 1.73. The van der Waals surface area contributed by atoms with E-state index in [4.69, 9.17) is 0 Å². The van der Waals surface area contributed by atoms with Gasteiger partial charge in [0.25, 0.3) is 0 Å².